The summed E-state index contributed by atoms with van der Waals surface area (Å²) in [5, 5.41) is 3.32. The Bertz CT molecular complexity index is 258. The number of nitrogens with zero attached hydrogens (tertiary/aromatic N) is 1. The van der Waals surface area contributed by atoms with E-state index in [9.17, 15) is 0 Å². The fraction of sp³-hybridized carbons (Fsp3) is 0.636. The molecule has 0 fully saturated rings. The molecule has 0 aliphatic heterocycles. The average Bonchev–Trinajstić information content (AvgIpc) is 2.62. The monoisotopic (exact) mass is 196 g/mol. The van der Waals surface area contributed by atoms with Crippen molar-refractivity contribution in [2.24, 2.45) is 0 Å². The number of ether oxygens (including phenoxy) is 1. The van der Waals surface area contributed by atoms with E-state index in [2.05, 4.69) is 42.1 Å². The number of nitrogens with one attached hydrogen (secondary N) is 1. The molecule has 0 bridgehead atoms. The van der Waals surface area contributed by atoms with Crippen molar-refractivity contribution in [3.05, 3.63) is 24.0 Å². The van der Waals surface area contributed by atoms with E-state index < -0.39 is 0 Å². The van der Waals surface area contributed by atoms with Crippen LogP contribution in [0.15, 0.2) is 18.3 Å². The third-order valence-electron chi connectivity index (χ3n) is 2.34. The molecule has 3 heteroatoms. The molecule has 0 saturated carbocycles. The molecule has 1 N–H and O–H groups in total. The first-order valence-electron chi connectivity index (χ1n) is 5.15. The molecule has 14 heavy (non-hydrogen) atoms. The van der Waals surface area contributed by atoms with Gasteiger partial charge in [-0.3, -0.25) is 0 Å². The van der Waals surface area contributed by atoms with E-state index in [1.54, 1.807) is 7.11 Å². The molecule has 1 heterocycles. The topological polar surface area (TPSA) is 26.2 Å². The van der Waals surface area contributed by atoms with Crippen molar-refractivity contribution in [2.75, 3.05) is 13.7 Å². The van der Waals surface area contributed by atoms with Crippen LogP contribution < -0.4 is 5.32 Å². The zero-order valence-corrected chi connectivity index (χ0v) is 9.29. The summed E-state index contributed by atoms with van der Waals surface area (Å²) in [7, 11) is 1.75. The Balaban J connectivity index is 2.53. The maximum absolute atomic E-state index is 5.24. The van der Waals surface area contributed by atoms with Gasteiger partial charge in [-0.05, 0) is 25.6 Å². The summed E-state index contributed by atoms with van der Waals surface area (Å²) in [4.78, 5) is 0. The van der Waals surface area contributed by atoms with E-state index in [-0.39, 0.29) is 6.10 Å². The zero-order valence-electron chi connectivity index (χ0n) is 9.29. The molecule has 3 nitrogen and oxygen atoms in total. The molecule has 80 valence electrons. The average molecular weight is 196 g/mol. The largest absolute Gasteiger partial charge is 0.380 e. The Kier molecular flexibility index (Phi) is 4.70. The van der Waals surface area contributed by atoms with E-state index in [1.165, 1.54) is 5.69 Å². The van der Waals surface area contributed by atoms with Crippen LogP contribution >= 0.6 is 0 Å². The Morgan fingerprint density at radius 2 is 2.36 bits per heavy atom. The quantitative estimate of drug-likeness (QED) is 0.748. The van der Waals surface area contributed by atoms with Gasteiger partial charge in [-0.15, -0.1) is 0 Å². The highest BCUT2D eigenvalue weighted by Crippen LogP contribution is 2.04. The second-order valence-electron chi connectivity index (χ2n) is 3.48. The van der Waals surface area contributed by atoms with Crippen molar-refractivity contribution in [1.29, 1.82) is 0 Å². The number of rotatable bonds is 6. The van der Waals surface area contributed by atoms with Crippen LogP contribution in [-0.4, -0.2) is 24.3 Å². The number of hydrogen-bond acceptors (Lipinski definition) is 2. The smallest absolute Gasteiger partial charge is 0.0722 e. The molecule has 1 rings (SSSR count). The molecule has 0 saturated heterocycles. The lowest BCUT2D eigenvalue weighted by atomic mass is 10.3. The maximum atomic E-state index is 5.24. The number of hydrogen-bond donors (Lipinski definition) is 1. The normalized spacial score (nSPS) is 13.1. The molecular weight excluding hydrogens is 176 g/mol. The predicted molar refractivity (Wildman–Crippen MR) is 58.3 cm³/mol. The van der Waals surface area contributed by atoms with Crippen molar-refractivity contribution >= 4 is 0 Å². The van der Waals surface area contributed by atoms with Crippen LogP contribution in [0.25, 0.3) is 0 Å². The molecule has 0 aliphatic carbocycles. The van der Waals surface area contributed by atoms with Gasteiger partial charge >= 0.3 is 0 Å². The van der Waals surface area contributed by atoms with Gasteiger partial charge in [0.1, 0.15) is 0 Å². The van der Waals surface area contributed by atoms with E-state index in [0.717, 1.165) is 19.6 Å². The summed E-state index contributed by atoms with van der Waals surface area (Å²) in [6.07, 6.45) is 2.37. The third kappa shape index (κ3) is 3.16. The number of aromatic nitrogens is 1. The molecule has 1 aromatic heterocycles. The Morgan fingerprint density at radius 3 is 3.00 bits per heavy atom. The summed E-state index contributed by atoms with van der Waals surface area (Å²) in [6, 6.07) is 4.22. The predicted octanol–water partition coefficient (Wildman–Crippen LogP) is 1.63. The molecular formula is C11H20N2O. The lowest BCUT2D eigenvalue weighted by Gasteiger charge is -2.14. The molecule has 0 spiro atoms. The first-order chi connectivity index (χ1) is 6.77. The minimum atomic E-state index is 0.266. The van der Waals surface area contributed by atoms with E-state index in [0.29, 0.717) is 0 Å². The van der Waals surface area contributed by atoms with Crippen LogP contribution in [0.3, 0.4) is 0 Å². The van der Waals surface area contributed by atoms with Crippen molar-refractivity contribution in [1.82, 2.24) is 9.88 Å². The molecule has 1 aromatic rings. The summed E-state index contributed by atoms with van der Waals surface area (Å²) < 4.78 is 7.47. The first-order valence-corrected chi connectivity index (χ1v) is 5.15. The minimum absolute atomic E-state index is 0.266. The Labute approximate surface area is 86.1 Å². The van der Waals surface area contributed by atoms with E-state index in [4.69, 9.17) is 4.74 Å². The van der Waals surface area contributed by atoms with Crippen molar-refractivity contribution in [2.45, 2.75) is 33.0 Å². The highest BCUT2D eigenvalue weighted by molar-refractivity contribution is 5.07. The van der Waals surface area contributed by atoms with Gasteiger partial charge in [0, 0.05) is 32.1 Å². The highest BCUT2D eigenvalue weighted by Gasteiger charge is 2.04. The second-order valence-corrected chi connectivity index (χ2v) is 3.48. The Hall–Kier alpha value is -0.800. The SMILES string of the molecule is CCNCc1cccn1CC(C)OC. The number of methoxy groups -OCH3 is 1. The van der Waals surface area contributed by atoms with Gasteiger partial charge < -0.3 is 14.6 Å². The van der Waals surface area contributed by atoms with Crippen LogP contribution in [0.2, 0.25) is 0 Å². The summed E-state index contributed by atoms with van der Waals surface area (Å²) >= 11 is 0. The summed E-state index contributed by atoms with van der Waals surface area (Å²) in [6.45, 7) is 7.05. The molecule has 0 amide bonds. The van der Waals surface area contributed by atoms with Crippen LogP contribution in [0.1, 0.15) is 19.5 Å². The molecule has 1 unspecified atom stereocenters. The van der Waals surface area contributed by atoms with Crippen LogP contribution in [-0.2, 0) is 17.8 Å². The summed E-state index contributed by atoms with van der Waals surface area (Å²) in [5.74, 6) is 0. The minimum Gasteiger partial charge on any atom is -0.380 e. The zero-order chi connectivity index (χ0) is 10.4. The summed E-state index contributed by atoms with van der Waals surface area (Å²) in [5.41, 5.74) is 1.32. The van der Waals surface area contributed by atoms with Crippen LogP contribution in [0, 0.1) is 0 Å². The second kappa shape index (κ2) is 5.83. The van der Waals surface area contributed by atoms with Gasteiger partial charge in [0.05, 0.1) is 6.10 Å². The molecule has 1 atom stereocenters. The van der Waals surface area contributed by atoms with Crippen molar-refractivity contribution in [3.8, 4) is 0 Å². The van der Waals surface area contributed by atoms with E-state index in [1.807, 2.05) is 0 Å². The molecule has 0 aromatic carbocycles. The van der Waals surface area contributed by atoms with Gasteiger partial charge in [0.25, 0.3) is 0 Å². The van der Waals surface area contributed by atoms with Gasteiger partial charge in [-0.25, -0.2) is 0 Å². The van der Waals surface area contributed by atoms with Gasteiger partial charge in [0.15, 0.2) is 0 Å². The Morgan fingerprint density at radius 1 is 1.57 bits per heavy atom. The molecule has 0 radical (unpaired) electrons. The lowest BCUT2D eigenvalue weighted by Crippen LogP contribution is -2.19. The maximum Gasteiger partial charge on any atom is 0.0722 e. The fourth-order valence-electron chi connectivity index (χ4n) is 1.39. The standard InChI is InChI=1S/C11H20N2O/c1-4-12-8-11-6-5-7-13(11)9-10(2)14-3/h5-7,10,12H,4,8-9H2,1-3H3. The third-order valence-corrected chi connectivity index (χ3v) is 2.34. The van der Waals surface area contributed by atoms with Gasteiger partial charge in [-0.1, -0.05) is 6.92 Å². The first kappa shape index (κ1) is 11.3. The lowest BCUT2D eigenvalue weighted by molar-refractivity contribution is 0.102. The van der Waals surface area contributed by atoms with Crippen molar-refractivity contribution < 1.29 is 4.74 Å². The van der Waals surface area contributed by atoms with Gasteiger partial charge in [0.2, 0.25) is 0 Å². The van der Waals surface area contributed by atoms with Crippen LogP contribution in [0.4, 0.5) is 0 Å². The van der Waals surface area contributed by atoms with Crippen molar-refractivity contribution in [3.63, 3.8) is 0 Å². The van der Waals surface area contributed by atoms with Gasteiger partial charge in [-0.2, -0.15) is 0 Å². The molecule has 0 aliphatic rings. The van der Waals surface area contributed by atoms with Crippen LogP contribution in [0.5, 0.6) is 0 Å². The van der Waals surface area contributed by atoms with E-state index >= 15 is 0 Å². The fourth-order valence-corrected chi connectivity index (χ4v) is 1.39. The highest BCUT2D eigenvalue weighted by atomic mass is 16.5.